The van der Waals surface area contributed by atoms with Crippen LogP contribution in [-0.2, 0) is 27.1 Å². The maximum absolute atomic E-state index is 4.05. The molecule has 11 rings (SSSR count). The monoisotopic (exact) mass is 765 g/mol. The minimum absolute atomic E-state index is 0.0162. The highest BCUT2D eigenvalue weighted by Crippen LogP contribution is 2.61. The molecule has 0 aromatic heterocycles. The van der Waals surface area contributed by atoms with E-state index in [0.29, 0.717) is 0 Å². The first-order chi connectivity index (χ1) is 27.9. The highest BCUT2D eigenvalue weighted by molar-refractivity contribution is 6.05. The molecule has 0 fully saturated rings. The summed E-state index contributed by atoms with van der Waals surface area (Å²) in [6, 6.07) is 49.5. The predicted molar refractivity (Wildman–Crippen MR) is 251 cm³/mol. The second-order valence-corrected chi connectivity index (χ2v) is 21.1. The summed E-state index contributed by atoms with van der Waals surface area (Å²) in [6.07, 6.45) is 0. The van der Waals surface area contributed by atoms with Crippen molar-refractivity contribution in [2.45, 2.75) is 103 Å². The van der Waals surface area contributed by atoms with E-state index in [1.165, 1.54) is 106 Å². The third-order valence-corrected chi connectivity index (χ3v) is 15.2. The van der Waals surface area contributed by atoms with Gasteiger partial charge in [-0.05, 0) is 136 Å². The average Bonchev–Trinajstić information content (AvgIpc) is 3.69. The summed E-state index contributed by atoms with van der Waals surface area (Å²) in [5.74, 6) is 0. The van der Waals surface area contributed by atoms with Gasteiger partial charge >= 0.3 is 0 Å². The highest BCUT2D eigenvalue weighted by atomic mass is 14.9. The molecule has 1 N–H and O–H groups in total. The Morgan fingerprint density at radius 1 is 0.373 bits per heavy atom. The first-order valence-electron chi connectivity index (χ1n) is 21.7. The van der Waals surface area contributed by atoms with Crippen LogP contribution in [0.1, 0.15) is 126 Å². The van der Waals surface area contributed by atoms with Crippen LogP contribution in [0.15, 0.2) is 127 Å². The van der Waals surface area contributed by atoms with Crippen LogP contribution in [0.25, 0.3) is 55.6 Å². The lowest BCUT2D eigenvalue weighted by atomic mass is 9.69. The number of anilines is 2. The van der Waals surface area contributed by atoms with Crippen molar-refractivity contribution in [1.29, 1.82) is 0 Å². The summed E-state index contributed by atoms with van der Waals surface area (Å²) >= 11 is 0. The first-order valence-corrected chi connectivity index (χ1v) is 21.7. The third kappa shape index (κ3) is 4.79. The highest BCUT2D eigenvalue weighted by Gasteiger charge is 2.45. The molecule has 0 amide bonds. The molecule has 1 nitrogen and oxygen atoms in total. The minimum atomic E-state index is -0.225. The van der Waals surface area contributed by atoms with Crippen molar-refractivity contribution < 1.29 is 0 Å². The fraction of sp³-hybridized carbons (Fsp3) is 0.276. The van der Waals surface area contributed by atoms with E-state index in [2.05, 4.69) is 209 Å². The van der Waals surface area contributed by atoms with Crippen molar-refractivity contribution in [3.8, 4) is 55.6 Å². The van der Waals surface area contributed by atoms with Gasteiger partial charge in [-0.25, -0.2) is 0 Å². The number of rotatable bonds is 3. The van der Waals surface area contributed by atoms with Gasteiger partial charge < -0.3 is 5.32 Å². The van der Waals surface area contributed by atoms with Crippen LogP contribution in [0.2, 0.25) is 0 Å². The molecule has 59 heavy (non-hydrogen) atoms. The zero-order valence-corrected chi connectivity index (χ0v) is 36.6. The topological polar surface area (TPSA) is 12.0 Å². The SMILES string of the molecule is CC(C)(C)c1cc2c3c(c1)C(C)(C)c1ccc(-c4ccc5c(c4)C(C)(C)c4ccccc4-5)c(c1-3)-c1cc(ccc1Nc1ccc3c(c1)C(C)(C)c1ccccc1-3)C2(C)C. The second kappa shape index (κ2) is 11.5. The summed E-state index contributed by atoms with van der Waals surface area (Å²) < 4.78 is 0. The van der Waals surface area contributed by atoms with Crippen LogP contribution >= 0.6 is 0 Å². The molecule has 0 heterocycles. The van der Waals surface area contributed by atoms with Gasteiger partial charge in [0.25, 0.3) is 0 Å². The predicted octanol–water partition coefficient (Wildman–Crippen LogP) is 15.6. The van der Waals surface area contributed by atoms with Gasteiger partial charge in [-0.2, -0.15) is 0 Å². The van der Waals surface area contributed by atoms with Gasteiger partial charge in [0.05, 0.1) is 0 Å². The summed E-state index contributed by atoms with van der Waals surface area (Å²) in [7, 11) is 0. The maximum atomic E-state index is 4.05. The molecule has 0 unspecified atom stereocenters. The molecule has 4 aliphatic rings. The van der Waals surface area contributed by atoms with E-state index in [1.807, 2.05) is 0 Å². The van der Waals surface area contributed by atoms with E-state index in [4.69, 9.17) is 0 Å². The molecule has 292 valence electrons. The summed E-state index contributed by atoms with van der Waals surface area (Å²) in [4.78, 5) is 0. The summed E-state index contributed by atoms with van der Waals surface area (Å²) in [6.45, 7) is 26.4. The van der Waals surface area contributed by atoms with Crippen molar-refractivity contribution in [1.82, 2.24) is 0 Å². The number of hydrogen-bond acceptors (Lipinski definition) is 1. The van der Waals surface area contributed by atoms with Gasteiger partial charge in [0.15, 0.2) is 0 Å². The molecular formula is C58H55N. The zero-order valence-electron chi connectivity index (χ0n) is 36.6. The molecule has 1 heteroatoms. The Morgan fingerprint density at radius 3 is 1.56 bits per heavy atom. The van der Waals surface area contributed by atoms with E-state index in [9.17, 15) is 0 Å². The largest absolute Gasteiger partial charge is 0.355 e. The lowest BCUT2D eigenvalue weighted by Crippen LogP contribution is -2.24. The smallest absolute Gasteiger partial charge is 0.0464 e. The molecule has 0 radical (unpaired) electrons. The molecule has 0 atom stereocenters. The van der Waals surface area contributed by atoms with Gasteiger partial charge in [-0.15, -0.1) is 0 Å². The van der Waals surface area contributed by atoms with E-state index < -0.39 is 0 Å². The number of fused-ring (bicyclic) bond motifs is 9. The Hall–Kier alpha value is -5.66. The summed E-state index contributed by atoms with van der Waals surface area (Å²) in [5.41, 5.74) is 27.8. The van der Waals surface area contributed by atoms with Crippen molar-refractivity contribution in [3.63, 3.8) is 0 Å². The number of hydrogen-bond donors (Lipinski definition) is 1. The fourth-order valence-corrected chi connectivity index (χ4v) is 11.6. The molecule has 4 aliphatic carbocycles. The lowest BCUT2D eigenvalue weighted by molar-refractivity contribution is 0.576. The third-order valence-electron chi connectivity index (χ3n) is 15.2. The van der Waals surface area contributed by atoms with Gasteiger partial charge in [0.2, 0.25) is 0 Å². The second-order valence-electron chi connectivity index (χ2n) is 21.1. The van der Waals surface area contributed by atoms with Crippen LogP contribution in [-0.4, -0.2) is 0 Å². The van der Waals surface area contributed by atoms with Crippen molar-refractivity contribution >= 4 is 11.4 Å². The Kier molecular flexibility index (Phi) is 7.12. The maximum Gasteiger partial charge on any atom is 0.0464 e. The van der Waals surface area contributed by atoms with Crippen LogP contribution in [0.5, 0.6) is 0 Å². The van der Waals surface area contributed by atoms with Crippen LogP contribution < -0.4 is 5.32 Å². The van der Waals surface area contributed by atoms with E-state index in [0.717, 1.165) is 11.4 Å². The number of nitrogens with one attached hydrogen (secondary N) is 1. The Balaban J connectivity index is 1.18. The number of benzene rings is 7. The van der Waals surface area contributed by atoms with E-state index in [-0.39, 0.29) is 27.1 Å². The van der Waals surface area contributed by atoms with Gasteiger partial charge in [0, 0.05) is 38.6 Å². The molecule has 0 saturated heterocycles. The van der Waals surface area contributed by atoms with Crippen molar-refractivity contribution in [2.24, 2.45) is 0 Å². The Labute approximate surface area is 351 Å². The minimum Gasteiger partial charge on any atom is -0.355 e. The van der Waals surface area contributed by atoms with E-state index >= 15 is 0 Å². The molecule has 0 spiro atoms. The molecule has 0 aliphatic heterocycles. The molecule has 0 saturated carbocycles. The first kappa shape index (κ1) is 36.4. The van der Waals surface area contributed by atoms with Crippen LogP contribution in [0, 0.1) is 0 Å². The van der Waals surface area contributed by atoms with Gasteiger partial charge in [-0.1, -0.05) is 173 Å². The van der Waals surface area contributed by atoms with Crippen molar-refractivity contribution in [3.05, 3.63) is 177 Å². The Morgan fingerprint density at radius 2 is 0.915 bits per heavy atom. The average molecular weight is 766 g/mol. The quantitative estimate of drug-likeness (QED) is 0.189. The lowest BCUT2D eigenvalue weighted by Gasteiger charge is -2.35. The fourth-order valence-electron chi connectivity index (χ4n) is 11.6. The molecular weight excluding hydrogens is 711 g/mol. The van der Waals surface area contributed by atoms with Gasteiger partial charge in [0.1, 0.15) is 0 Å². The van der Waals surface area contributed by atoms with Crippen LogP contribution in [0.4, 0.5) is 11.4 Å². The zero-order chi connectivity index (χ0) is 41.2. The van der Waals surface area contributed by atoms with E-state index in [1.54, 1.807) is 0 Å². The van der Waals surface area contributed by atoms with Crippen molar-refractivity contribution in [2.75, 3.05) is 5.32 Å². The molecule has 2 bridgehead atoms. The van der Waals surface area contributed by atoms with Gasteiger partial charge in [-0.3, -0.25) is 0 Å². The standard InChI is InChI=1S/C58H55N/c1-54(2,3)35-30-48-52-49(31-35)58(10,11)45-26-25-37(33-20-23-40-38-16-12-14-18-43(38)56(6,7)46(40)28-33)51(53(45)52)42-29-34(55(48,4)5)21-27-50(42)59-36-22-24-41-39-17-13-15-19-44(39)57(8,9)47(41)32-36/h12-32,59H,1-11H3. The summed E-state index contributed by atoms with van der Waals surface area (Å²) in [5, 5.41) is 4.05. The van der Waals surface area contributed by atoms with Crippen LogP contribution in [0.3, 0.4) is 0 Å². The normalized spacial score (nSPS) is 17.3. The molecule has 7 aromatic carbocycles. The molecule has 7 aromatic rings. The Bertz CT molecular complexity index is 2990.